The SMILES string of the molecule is C=Nc1nc(-c2noc(N3CCN(S(=O)(=O)C(C)C)CC3)n2)nc(N(C)c2ccccc2)n1. The van der Waals surface area contributed by atoms with Crippen molar-refractivity contribution in [3.8, 4) is 11.6 Å². The Labute approximate surface area is 192 Å². The van der Waals surface area contributed by atoms with Gasteiger partial charge in [0.1, 0.15) is 0 Å². The van der Waals surface area contributed by atoms with Gasteiger partial charge in [0.05, 0.1) is 5.25 Å². The summed E-state index contributed by atoms with van der Waals surface area (Å²) < 4.78 is 31.7. The second kappa shape index (κ2) is 9.19. The van der Waals surface area contributed by atoms with Gasteiger partial charge in [0.2, 0.25) is 27.6 Å². The zero-order chi connectivity index (χ0) is 23.6. The van der Waals surface area contributed by atoms with Crippen molar-refractivity contribution in [1.29, 1.82) is 0 Å². The van der Waals surface area contributed by atoms with Crippen LogP contribution >= 0.6 is 0 Å². The molecule has 1 aliphatic heterocycles. The third-order valence-corrected chi connectivity index (χ3v) is 7.55. The molecular formula is C20H25N9O3S. The summed E-state index contributed by atoms with van der Waals surface area (Å²) in [4.78, 5) is 24.9. The van der Waals surface area contributed by atoms with Crippen LogP contribution in [0.25, 0.3) is 11.6 Å². The topological polar surface area (TPSA) is 134 Å². The number of anilines is 3. The molecule has 1 fully saturated rings. The number of para-hydroxylation sites is 1. The molecule has 0 radical (unpaired) electrons. The third-order valence-electron chi connectivity index (χ3n) is 5.28. The fourth-order valence-electron chi connectivity index (χ4n) is 3.31. The van der Waals surface area contributed by atoms with Crippen molar-refractivity contribution >= 4 is 40.3 Å². The number of aromatic nitrogens is 5. The summed E-state index contributed by atoms with van der Waals surface area (Å²) in [5.74, 6) is 0.863. The van der Waals surface area contributed by atoms with Crippen LogP contribution in [0.3, 0.4) is 0 Å². The predicted octanol–water partition coefficient (Wildman–Crippen LogP) is 1.88. The average molecular weight is 472 g/mol. The molecule has 12 nitrogen and oxygen atoms in total. The van der Waals surface area contributed by atoms with Gasteiger partial charge in [-0.1, -0.05) is 23.4 Å². The lowest BCUT2D eigenvalue weighted by molar-refractivity contribution is 0.353. The van der Waals surface area contributed by atoms with Crippen molar-refractivity contribution < 1.29 is 12.9 Å². The van der Waals surface area contributed by atoms with Gasteiger partial charge in [-0.3, -0.25) is 0 Å². The molecule has 0 bridgehead atoms. The van der Waals surface area contributed by atoms with Crippen LogP contribution in [0.1, 0.15) is 13.8 Å². The molecule has 0 spiro atoms. The summed E-state index contributed by atoms with van der Waals surface area (Å²) in [6.45, 7) is 8.43. The van der Waals surface area contributed by atoms with E-state index in [9.17, 15) is 8.42 Å². The molecule has 4 rings (SSSR count). The number of hydrogen-bond donors (Lipinski definition) is 0. The third kappa shape index (κ3) is 4.68. The first kappa shape index (κ1) is 22.7. The monoisotopic (exact) mass is 471 g/mol. The zero-order valence-corrected chi connectivity index (χ0v) is 19.5. The van der Waals surface area contributed by atoms with E-state index in [1.807, 2.05) is 42.3 Å². The van der Waals surface area contributed by atoms with Gasteiger partial charge in [0.25, 0.3) is 5.95 Å². The minimum absolute atomic E-state index is 0.136. The van der Waals surface area contributed by atoms with E-state index >= 15 is 0 Å². The highest BCUT2D eigenvalue weighted by Crippen LogP contribution is 2.25. The molecule has 1 aromatic carbocycles. The number of aliphatic imine (C=N–C) groups is 1. The van der Waals surface area contributed by atoms with Gasteiger partial charge in [0, 0.05) is 38.9 Å². The Morgan fingerprint density at radius 3 is 2.36 bits per heavy atom. The molecule has 3 aromatic rings. The molecule has 1 aliphatic rings. The van der Waals surface area contributed by atoms with E-state index < -0.39 is 15.3 Å². The number of benzene rings is 1. The van der Waals surface area contributed by atoms with Crippen LogP contribution in [-0.4, -0.2) is 83.0 Å². The molecule has 0 unspecified atom stereocenters. The van der Waals surface area contributed by atoms with Crippen LogP contribution in [0.5, 0.6) is 0 Å². The highest BCUT2D eigenvalue weighted by molar-refractivity contribution is 7.89. The smallest absolute Gasteiger partial charge is 0.322 e. The normalized spacial score (nSPS) is 15.1. The van der Waals surface area contributed by atoms with E-state index in [2.05, 4.69) is 36.8 Å². The van der Waals surface area contributed by atoms with Crippen molar-refractivity contribution in [3.05, 3.63) is 30.3 Å². The Morgan fingerprint density at radius 1 is 1.03 bits per heavy atom. The molecule has 0 N–H and O–H groups in total. The minimum atomic E-state index is -3.29. The molecule has 174 valence electrons. The highest BCUT2D eigenvalue weighted by Gasteiger charge is 2.31. The Bertz CT molecular complexity index is 1220. The summed E-state index contributed by atoms with van der Waals surface area (Å²) in [6.07, 6.45) is 0. The molecule has 1 saturated heterocycles. The molecule has 0 saturated carbocycles. The number of piperazine rings is 1. The van der Waals surface area contributed by atoms with Crippen molar-refractivity contribution in [1.82, 2.24) is 29.4 Å². The summed E-state index contributed by atoms with van der Waals surface area (Å²) in [5, 5.41) is 3.55. The summed E-state index contributed by atoms with van der Waals surface area (Å²) in [5.41, 5.74) is 0.882. The van der Waals surface area contributed by atoms with Gasteiger partial charge in [-0.25, -0.2) is 13.4 Å². The quantitative estimate of drug-likeness (QED) is 0.470. The zero-order valence-electron chi connectivity index (χ0n) is 18.7. The van der Waals surface area contributed by atoms with Crippen LogP contribution in [0, 0.1) is 0 Å². The lowest BCUT2D eigenvalue weighted by Crippen LogP contribution is -2.50. The van der Waals surface area contributed by atoms with E-state index in [4.69, 9.17) is 4.52 Å². The van der Waals surface area contributed by atoms with Gasteiger partial charge < -0.3 is 14.3 Å². The minimum Gasteiger partial charge on any atom is -0.322 e. The number of sulfonamides is 1. The Kier molecular flexibility index (Phi) is 6.33. The molecule has 2 aromatic heterocycles. The first-order valence-corrected chi connectivity index (χ1v) is 11.9. The summed E-state index contributed by atoms with van der Waals surface area (Å²) >= 11 is 0. The van der Waals surface area contributed by atoms with Crippen LogP contribution in [0.15, 0.2) is 39.8 Å². The average Bonchev–Trinajstić information content (AvgIpc) is 3.34. The van der Waals surface area contributed by atoms with Gasteiger partial charge in [-0.15, -0.1) is 0 Å². The molecule has 13 heteroatoms. The lowest BCUT2D eigenvalue weighted by Gasteiger charge is -2.33. The maximum atomic E-state index is 12.4. The summed E-state index contributed by atoms with van der Waals surface area (Å²) in [7, 11) is -1.47. The molecular weight excluding hydrogens is 446 g/mol. The van der Waals surface area contributed by atoms with Crippen molar-refractivity contribution in [2.75, 3.05) is 43.0 Å². The lowest BCUT2D eigenvalue weighted by atomic mass is 10.3. The molecule has 0 amide bonds. The Balaban J connectivity index is 1.55. The fourth-order valence-corrected chi connectivity index (χ4v) is 4.58. The van der Waals surface area contributed by atoms with Crippen LogP contribution in [-0.2, 0) is 10.0 Å². The Hall–Kier alpha value is -3.45. The van der Waals surface area contributed by atoms with Crippen LogP contribution in [0.2, 0.25) is 0 Å². The maximum Gasteiger partial charge on any atom is 0.324 e. The number of nitrogens with zero attached hydrogens (tertiary/aromatic N) is 9. The number of rotatable bonds is 7. The van der Waals surface area contributed by atoms with E-state index in [1.165, 1.54) is 4.31 Å². The maximum absolute atomic E-state index is 12.4. The standard InChI is InChI=1S/C20H25N9O3S/c1-14(2)33(30,31)29-12-10-28(11-13-29)20-24-17(26-32-20)16-22-18(21-3)25-19(23-16)27(4)15-8-6-5-7-9-15/h5-9,14H,3,10-13H2,1-2,4H3. The van der Waals surface area contributed by atoms with E-state index in [0.29, 0.717) is 32.1 Å². The van der Waals surface area contributed by atoms with Crippen molar-refractivity contribution in [3.63, 3.8) is 0 Å². The van der Waals surface area contributed by atoms with Crippen LogP contribution in [0.4, 0.5) is 23.6 Å². The van der Waals surface area contributed by atoms with E-state index in [-0.39, 0.29) is 23.6 Å². The highest BCUT2D eigenvalue weighted by atomic mass is 32.2. The summed E-state index contributed by atoms with van der Waals surface area (Å²) in [6, 6.07) is 9.88. The predicted molar refractivity (Wildman–Crippen MR) is 125 cm³/mol. The second-order valence-electron chi connectivity index (χ2n) is 7.69. The first-order chi connectivity index (χ1) is 15.8. The molecule has 3 heterocycles. The fraction of sp³-hybridized carbons (Fsp3) is 0.400. The van der Waals surface area contributed by atoms with Crippen molar-refractivity contribution in [2.24, 2.45) is 4.99 Å². The van der Waals surface area contributed by atoms with Crippen molar-refractivity contribution in [2.45, 2.75) is 19.1 Å². The molecule has 0 aliphatic carbocycles. The van der Waals surface area contributed by atoms with E-state index in [0.717, 1.165) is 5.69 Å². The number of hydrogen-bond acceptors (Lipinski definition) is 11. The van der Waals surface area contributed by atoms with Gasteiger partial charge >= 0.3 is 6.01 Å². The molecule has 0 atom stereocenters. The largest absolute Gasteiger partial charge is 0.324 e. The first-order valence-electron chi connectivity index (χ1n) is 10.4. The van der Waals surface area contributed by atoms with Gasteiger partial charge in [0.15, 0.2) is 0 Å². The second-order valence-corrected chi connectivity index (χ2v) is 10.2. The van der Waals surface area contributed by atoms with Gasteiger partial charge in [-0.2, -0.15) is 24.2 Å². The van der Waals surface area contributed by atoms with E-state index in [1.54, 1.807) is 18.7 Å². The Morgan fingerprint density at radius 2 is 1.73 bits per heavy atom. The molecule has 33 heavy (non-hydrogen) atoms. The van der Waals surface area contributed by atoms with Gasteiger partial charge in [-0.05, 0) is 32.7 Å². The van der Waals surface area contributed by atoms with Crippen LogP contribution < -0.4 is 9.80 Å².